The van der Waals surface area contributed by atoms with E-state index in [1.165, 1.54) is 16.5 Å². The predicted molar refractivity (Wildman–Crippen MR) is 56.3 cm³/mol. The molecular weight excluding hydrogens is 174 g/mol. The quantitative estimate of drug-likeness (QED) is 0.673. The van der Waals surface area contributed by atoms with Crippen LogP contribution in [-0.2, 0) is 6.54 Å². The van der Waals surface area contributed by atoms with Gasteiger partial charge in [0.2, 0.25) is 0 Å². The number of aliphatic hydroxyl groups is 1. The number of aryl methyl sites for hydroxylation is 2. The second-order valence-electron chi connectivity index (χ2n) is 4.09. The van der Waals surface area contributed by atoms with Crippen LogP contribution in [0.3, 0.4) is 0 Å². The van der Waals surface area contributed by atoms with Crippen molar-refractivity contribution in [3.8, 4) is 0 Å². The fraction of sp³-hybridized carbons (Fsp3) is 0.333. The Hall–Kier alpha value is -1.28. The Morgan fingerprint density at radius 1 is 1.36 bits per heavy atom. The zero-order valence-electron chi connectivity index (χ0n) is 8.20. The minimum Gasteiger partial charge on any atom is -0.387 e. The summed E-state index contributed by atoms with van der Waals surface area (Å²) in [4.78, 5) is 0. The number of hydrogen-bond acceptors (Lipinski definition) is 1. The second kappa shape index (κ2) is 2.61. The number of aliphatic hydroxyl groups excluding tert-OH is 1. The van der Waals surface area contributed by atoms with Gasteiger partial charge in [-0.25, -0.2) is 0 Å². The van der Waals surface area contributed by atoms with Gasteiger partial charge in [0.1, 0.15) is 0 Å². The van der Waals surface area contributed by atoms with Crippen molar-refractivity contribution in [2.24, 2.45) is 0 Å². The van der Waals surface area contributed by atoms with Crippen LogP contribution in [0.1, 0.15) is 23.8 Å². The highest BCUT2D eigenvalue weighted by Gasteiger charge is 2.22. The molecule has 0 amide bonds. The van der Waals surface area contributed by atoms with Crippen molar-refractivity contribution in [1.29, 1.82) is 0 Å². The molecule has 0 saturated carbocycles. The lowest BCUT2D eigenvalue weighted by molar-refractivity contribution is 0.180. The lowest BCUT2D eigenvalue weighted by Crippen LogP contribution is -1.91. The highest BCUT2D eigenvalue weighted by molar-refractivity contribution is 5.82. The summed E-state index contributed by atoms with van der Waals surface area (Å²) < 4.78 is 2.22. The van der Waals surface area contributed by atoms with Crippen LogP contribution in [0.25, 0.3) is 10.9 Å². The lowest BCUT2D eigenvalue weighted by Gasteiger charge is -1.99. The topological polar surface area (TPSA) is 25.2 Å². The molecule has 2 heteroatoms. The third-order valence-corrected chi connectivity index (χ3v) is 3.06. The van der Waals surface area contributed by atoms with Crippen molar-refractivity contribution in [1.82, 2.24) is 4.57 Å². The summed E-state index contributed by atoms with van der Waals surface area (Å²) >= 11 is 0. The molecule has 1 atom stereocenters. The first-order valence-electron chi connectivity index (χ1n) is 5.03. The predicted octanol–water partition coefficient (Wildman–Crippen LogP) is 2.39. The van der Waals surface area contributed by atoms with Gasteiger partial charge in [-0.3, -0.25) is 0 Å². The number of benzene rings is 1. The summed E-state index contributed by atoms with van der Waals surface area (Å²) in [5.41, 5.74) is 3.60. The van der Waals surface area contributed by atoms with Gasteiger partial charge < -0.3 is 9.67 Å². The van der Waals surface area contributed by atoms with Crippen LogP contribution in [0, 0.1) is 6.92 Å². The Labute approximate surface area is 82.8 Å². The van der Waals surface area contributed by atoms with Crippen LogP contribution in [0.15, 0.2) is 24.3 Å². The molecule has 2 aromatic rings. The van der Waals surface area contributed by atoms with Gasteiger partial charge in [-0.1, -0.05) is 11.6 Å². The van der Waals surface area contributed by atoms with Crippen LogP contribution >= 0.6 is 0 Å². The van der Waals surface area contributed by atoms with Crippen LogP contribution < -0.4 is 0 Å². The Morgan fingerprint density at radius 3 is 3.07 bits per heavy atom. The van der Waals surface area contributed by atoms with Crippen LogP contribution in [-0.4, -0.2) is 9.67 Å². The number of fused-ring (bicyclic) bond motifs is 3. The molecule has 0 radical (unpaired) electrons. The van der Waals surface area contributed by atoms with E-state index in [0.29, 0.717) is 0 Å². The molecule has 2 heterocycles. The highest BCUT2D eigenvalue weighted by Crippen LogP contribution is 2.32. The minimum absolute atomic E-state index is 0.261. The molecule has 1 aliphatic rings. The maximum atomic E-state index is 9.73. The number of nitrogens with zero attached hydrogens (tertiary/aromatic N) is 1. The molecule has 0 aliphatic carbocycles. The maximum Gasteiger partial charge on any atom is 0.0957 e. The summed E-state index contributed by atoms with van der Waals surface area (Å²) in [6, 6.07) is 8.56. The number of rotatable bonds is 0. The van der Waals surface area contributed by atoms with Crippen molar-refractivity contribution in [2.75, 3.05) is 0 Å². The van der Waals surface area contributed by atoms with Gasteiger partial charge in [-0.15, -0.1) is 0 Å². The molecule has 2 nitrogen and oxygen atoms in total. The van der Waals surface area contributed by atoms with E-state index in [9.17, 15) is 5.11 Å². The Bertz CT molecular complexity index is 498. The van der Waals surface area contributed by atoms with Gasteiger partial charge in [-0.05, 0) is 31.5 Å². The molecule has 0 spiro atoms. The summed E-state index contributed by atoms with van der Waals surface area (Å²) in [6.07, 6.45) is 0.599. The molecule has 1 N–H and O–H groups in total. The van der Waals surface area contributed by atoms with Crippen molar-refractivity contribution >= 4 is 10.9 Å². The van der Waals surface area contributed by atoms with E-state index in [1.807, 2.05) is 0 Å². The number of hydrogen-bond donors (Lipinski definition) is 1. The van der Waals surface area contributed by atoms with E-state index in [4.69, 9.17) is 0 Å². The fourth-order valence-corrected chi connectivity index (χ4v) is 2.34. The highest BCUT2D eigenvalue weighted by atomic mass is 16.3. The number of aromatic nitrogens is 1. The van der Waals surface area contributed by atoms with E-state index >= 15 is 0 Å². The van der Waals surface area contributed by atoms with Gasteiger partial charge in [0.05, 0.1) is 6.10 Å². The molecule has 1 aromatic heterocycles. The minimum atomic E-state index is -0.261. The Kier molecular flexibility index (Phi) is 1.50. The SMILES string of the molecule is Cc1ccc2c(c1)cc1n2CCC1O. The van der Waals surface area contributed by atoms with Crippen LogP contribution in [0.5, 0.6) is 0 Å². The molecule has 1 unspecified atom stereocenters. The van der Waals surface area contributed by atoms with Crippen molar-refractivity contribution in [3.05, 3.63) is 35.5 Å². The fourth-order valence-electron chi connectivity index (χ4n) is 2.34. The maximum absolute atomic E-state index is 9.73. The molecule has 0 bridgehead atoms. The van der Waals surface area contributed by atoms with E-state index in [1.54, 1.807) is 0 Å². The molecule has 0 saturated heterocycles. The van der Waals surface area contributed by atoms with Crippen molar-refractivity contribution in [3.63, 3.8) is 0 Å². The Morgan fingerprint density at radius 2 is 2.21 bits per heavy atom. The molecule has 1 aromatic carbocycles. The molecule has 3 rings (SSSR count). The van der Waals surface area contributed by atoms with Gasteiger partial charge in [0.25, 0.3) is 0 Å². The Balaban J connectivity index is 2.34. The van der Waals surface area contributed by atoms with Crippen molar-refractivity contribution < 1.29 is 5.11 Å². The standard InChI is InChI=1S/C12H13NO/c1-8-2-3-10-9(6-8)7-11-12(14)4-5-13(10)11/h2-3,6-7,12,14H,4-5H2,1H3. The first-order valence-corrected chi connectivity index (χ1v) is 5.03. The zero-order chi connectivity index (χ0) is 9.71. The average Bonchev–Trinajstić information content (AvgIpc) is 2.66. The largest absolute Gasteiger partial charge is 0.387 e. The van der Waals surface area contributed by atoms with E-state index in [2.05, 4.69) is 35.8 Å². The average molecular weight is 187 g/mol. The van der Waals surface area contributed by atoms with E-state index < -0.39 is 0 Å². The van der Waals surface area contributed by atoms with Gasteiger partial charge in [-0.2, -0.15) is 0 Å². The lowest BCUT2D eigenvalue weighted by atomic mass is 10.1. The van der Waals surface area contributed by atoms with Crippen LogP contribution in [0.4, 0.5) is 0 Å². The monoisotopic (exact) mass is 187 g/mol. The molecular formula is C12H13NO. The van der Waals surface area contributed by atoms with Crippen LogP contribution in [0.2, 0.25) is 0 Å². The normalized spacial score (nSPS) is 20.3. The van der Waals surface area contributed by atoms with Gasteiger partial charge in [0.15, 0.2) is 0 Å². The van der Waals surface area contributed by atoms with Gasteiger partial charge >= 0.3 is 0 Å². The summed E-state index contributed by atoms with van der Waals surface area (Å²) in [5.74, 6) is 0. The van der Waals surface area contributed by atoms with E-state index in [-0.39, 0.29) is 6.10 Å². The first-order chi connectivity index (χ1) is 6.75. The third-order valence-electron chi connectivity index (χ3n) is 3.06. The summed E-state index contributed by atoms with van der Waals surface area (Å²) in [7, 11) is 0. The van der Waals surface area contributed by atoms with E-state index in [0.717, 1.165) is 18.7 Å². The molecule has 0 fully saturated rings. The first kappa shape index (κ1) is 8.06. The van der Waals surface area contributed by atoms with Gasteiger partial charge in [0, 0.05) is 23.1 Å². The molecule has 72 valence electrons. The summed E-state index contributed by atoms with van der Waals surface area (Å²) in [5, 5.41) is 11.0. The second-order valence-corrected chi connectivity index (χ2v) is 4.09. The summed E-state index contributed by atoms with van der Waals surface area (Å²) in [6.45, 7) is 3.04. The van der Waals surface area contributed by atoms with Crippen molar-refractivity contribution in [2.45, 2.75) is 26.0 Å². The third kappa shape index (κ3) is 0.946. The molecule has 14 heavy (non-hydrogen) atoms. The zero-order valence-corrected chi connectivity index (χ0v) is 8.20. The smallest absolute Gasteiger partial charge is 0.0957 e. The molecule has 1 aliphatic heterocycles.